The minimum Gasteiger partial charge on any atom is -0.508 e. The fraction of sp³-hybridized carbons (Fsp3) is 0.273. The standard InChI is InChI=1S/C11H13N5O2S/c1-15(2)10(18)7-19-11-12-13-14-16(11)8-3-5-9(17)6-4-8/h3-6,17H,7H2,1-2H3. The highest BCUT2D eigenvalue weighted by atomic mass is 32.2. The second-order valence-electron chi connectivity index (χ2n) is 3.97. The number of benzene rings is 1. The van der Waals surface area contributed by atoms with Crippen molar-refractivity contribution in [2.45, 2.75) is 5.16 Å². The second-order valence-corrected chi connectivity index (χ2v) is 4.91. The molecular formula is C11H13N5O2S. The van der Waals surface area contributed by atoms with Gasteiger partial charge >= 0.3 is 0 Å². The fourth-order valence-electron chi connectivity index (χ4n) is 1.28. The van der Waals surface area contributed by atoms with Gasteiger partial charge in [-0.25, -0.2) is 0 Å². The zero-order valence-corrected chi connectivity index (χ0v) is 11.3. The minimum absolute atomic E-state index is 0.00902. The summed E-state index contributed by atoms with van der Waals surface area (Å²) in [6, 6.07) is 6.50. The molecule has 0 aliphatic rings. The molecule has 1 aromatic heterocycles. The average molecular weight is 279 g/mol. The van der Waals surface area contributed by atoms with E-state index in [0.717, 1.165) is 5.69 Å². The minimum atomic E-state index is -0.00902. The second kappa shape index (κ2) is 5.70. The van der Waals surface area contributed by atoms with Gasteiger partial charge in [0.25, 0.3) is 0 Å². The van der Waals surface area contributed by atoms with Gasteiger partial charge in [0.1, 0.15) is 5.75 Å². The molecule has 1 N–H and O–H groups in total. The Balaban J connectivity index is 2.14. The molecule has 0 aliphatic carbocycles. The van der Waals surface area contributed by atoms with Crippen LogP contribution in [0.4, 0.5) is 0 Å². The third-order valence-corrected chi connectivity index (χ3v) is 3.26. The van der Waals surface area contributed by atoms with Crippen LogP contribution in [0.2, 0.25) is 0 Å². The molecule has 19 heavy (non-hydrogen) atoms. The van der Waals surface area contributed by atoms with Crippen LogP contribution >= 0.6 is 11.8 Å². The number of hydrogen-bond donors (Lipinski definition) is 1. The van der Waals surface area contributed by atoms with E-state index in [2.05, 4.69) is 15.5 Å². The van der Waals surface area contributed by atoms with Crippen LogP contribution in [0.15, 0.2) is 29.4 Å². The topological polar surface area (TPSA) is 84.1 Å². The van der Waals surface area contributed by atoms with Crippen molar-refractivity contribution in [1.29, 1.82) is 0 Å². The predicted molar refractivity (Wildman–Crippen MR) is 70.2 cm³/mol. The molecule has 0 radical (unpaired) electrons. The largest absolute Gasteiger partial charge is 0.508 e. The average Bonchev–Trinajstić information content (AvgIpc) is 2.85. The molecule has 0 unspecified atom stereocenters. The summed E-state index contributed by atoms with van der Waals surface area (Å²) in [6.45, 7) is 0. The maximum Gasteiger partial charge on any atom is 0.232 e. The Morgan fingerprint density at radius 3 is 2.68 bits per heavy atom. The van der Waals surface area contributed by atoms with Crippen molar-refractivity contribution in [3.63, 3.8) is 0 Å². The Hall–Kier alpha value is -2.09. The van der Waals surface area contributed by atoms with E-state index < -0.39 is 0 Å². The lowest BCUT2D eigenvalue weighted by atomic mass is 10.3. The summed E-state index contributed by atoms with van der Waals surface area (Å²) in [6.07, 6.45) is 0. The quantitative estimate of drug-likeness (QED) is 0.823. The summed E-state index contributed by atoms with van der Waals surface area (Å²) in [4.78, 5) is 13.0. The molecule has 8 heteroatoms. The maximum absolute atomic E-state index is 11.5. The molecule has 1 aromatic carbocycles. The number of aromatic hydroxyl groups is 1. The van der Waals surface area contributed by atoms with Gasteiger partial charge in [0.05, 0.1) is 11.4 Å². The molecule has 1 amide bonds. The molecule has 2 aromatic rings. The number of nitrogens with zero attached hydrogens (tertiary/aromatic N) is 5. The number of aromatic nitrogens is 4. The predicted octanol–water partition coefficient (Wildman–Crippen LogP) is 0.548. The summed E-state index contributed by atoms with van der Waals surface area (Å²) in [7, 11) is 3.40. The number of hydrogen-bond acceptors (Lipinski definition) is 6. The summed E-state index contributed by atoms with van der Waals surface area (Å²) < 4.78 is 1.52. The Morgan fingerprint density at radius 1 is 1.37 bits per heavy atom. The number of tetrazole rings is 1. The van der Waals surface area contributed by atoms with Crippen molar-refractivity contribution in [3.05, 3.63) is 24.3 Å². The molecule has 100 valence electrons. The third kappa shape index (κ3) is 3.22. The molecule has 0 bridgehead atoms. The van der Waals surface area contributed by atoms with E-state index in [-0.39, 0.29) is 17.4 Å². The van der Waals surface area contributed by atoms with Gasteiger partial charge in [0.2, 0.25) is 11.1 Å². The van der Waals surface area contributed by atoms with E-state index in [1.54, 1.807) is 38.4 Å². The van der Waals surface area contributed by atoms with Crippen molar-refractivity contribution in [3.8, 4) is 11.4 Å². The van der Waals surface area contributed by atoms with Gasteiger partial charge in [-0.3, -0.25) is 4.79 Å². The Bertz CT molecular complexity index is 567. The van der Waals surface area contributed by atoms with Crippen LogP contribution in [0, 0.1) is 0 Å². The highest BCUT2D eigenvalue weighted by Gasteiger charge is 2.12. The number of carbonyl (C=O) groups is 1. The number of carbonyl (C=O) groups excluding carboxylic acids is 1. The van der Waals surface area contributed by atoms with Gasteiger partial charge in [-0.2, -0.15) is 4.68 Å². The highest BCUT2D eigenvalue weighted by Crippen LogP contribution is 2.19. The zero-order valence-electron chi connectivity index (χ0n) is 10.5. The first-order valence-electron chi connectivity index (χ1n) is 5.48. The first-order valence-corrected chi connectivity index (χ1v) is 6.47. The first-order chi connectivity index (χ1) is 9.08. The van der Waals surface area contributed by atoms with Crippen molar-refractivity contribution >= 4 is 17.7 Å². The van der Waals surface area contributed by atoms with E-state index in [0.29, 0.717) is 5.16 Å². The number of rotatable bonds is 4. The lowest BCUT2D eigenvalue weighted by Gasteiger charge is -2.09. The van der Waals surface area contributed by atoms with Crippen LogP contribution in [-0.4, -0.2) is 56.0 Å². The highest BCUT2D eigenvalue weighted by molar-refractivity contribution is 7.99. The van der Waals surface area contributed by atoms with Gasteiger partial charge in [0, 0.05) is 14.1 Å². The van der Waals surface area contributed by atoms with E-state index in [9.17, 15) is 9.90 Å². The van der Waals surface area contributed by atoms with Crippen LogP contribution in [-0.2, 0) is 4.79 Å². The number of phenols is 1. The molecule has 0 saturated heterocycles. The monoisotopic (exact) mass is 279 g/mol. The Morgan fingerprint density at radius 2 is 2.05 bits per heavy atom. The lowest BCUT2D eigenvalue weighted by molar-refractivity contribution is -0.125. The lowest BCUT2D eigenvalue weighted by Crippen LogP contribution is -2.23. The van der Waals surface area contributed by atoms with Gasteiger partial charge in [-0.15, -0.1) is 5.10 Å². The van der Waals surface area contributed by atoms with Gasteiger partial charge in [-0.05, 0) is 34.7 Å². The molecular weight excluding hydrogens is 266 g/mol. The summed E-state index contributed by atoms with van der Waals surface area (Å²) in [5.41, 5.74) is 0.725. The molecule has 7 nitrogen and oxygen atoms in total. The number of amides is 1. The van der Waals surface area contributed by atoms with Crippen LogP contribution in [0.25, 0.3) is 5.69 Å². The van der Waals surface area contributed by atoms with Crippen LogP contribution in [0.1, 0.15) is 0 Å². The van der Waals surface area contributed by atoms with Gasteiger partial charge in [-0.1, -0.05) is 11.8 Å². The normalized spacial score (nSPS) is 10.4. The third-order valence-electron chi connectivity index (χ3n) is 2.36. The fourth-order valence-corrected chi connectivity index (χ4v) is 2.15. The van der Waals surface area contributed by atoms with Crippen molar-refractivity contribution in [1.82, 2.24) is 25.1 Å². The van der Waals surface area contributed by atoms with Crippen molar-refractivity contribution in [2.75, 3.05) is 19.8 Å². The summed E-state index contributed by atoms with van der Waals surface area (Å²) >= 11 is 1.26. The van der Waals surface area contributed by atoms with E-state index >= 15 is 0 Å². The van der Waals surface area contributed by atoms with Crippen molar-refractivity contribution in [2.24, 2.45) is 0 Å². The van der Waals surface area contributed by atoms with Crippen LogP contribution < -0.4 is 0 Å². The zero-order chi connectivity index (χ0) is 13.8. The number of phenolic OH excluding ortho intramolecular Hbond substituents is 1. The van der Waals surface area contributed by atoms with Gasteiger partial charge in [0.15, 0.2) is 0 Å². The van der Waals surface area contributed by atoms with Crippen LogP contribution in [0.3, 0.4) is 0 Å². The molecule has 2 rings (SSSR count). The maximum atomic E-state index is 11.5. The van der Waals surface area contributed by atoms with Crippen LogP contribution in [0.5, 0.6) is 5.75 Å². The van der Waals surface area contributed by atoms with E-state index in [1.165, 1.54) is 21.3 Å². The Kier molecular flexibility index (Phi) is 4.00. The molecule has 0 saturated carbocycles. The smallest absolute Gasteiger partial charge is 0.232 e. The number of thioether (sulfide) groups is 1. The summed E-state index contributed by atoms with van der Waals surface area (Å²) in [5, 5.41) is 21.1. The van der Waals surface area contributed by atoms with Gasteiger partial charge < -0.3 is 10.0 Å². The molecule has 0 atom stereocenters. The first kappa shape index (κ1) is 13.3. The van der Waals surface area contributed by atoms with E-state index in [4.69, 9.17) is 0 Å². The van der Waals surface area contributed by atoms with Crippen molar-refractivity contribution < 1.29 is 9.90 Å². The molecule has 0 spiro atoms. The SMILES string of the molecule is CN(C)C(=O)CSc1nnnn1-c1ccc(O)cc1. The van der Waals surface area contributed by atoms with E-state index in [1.807, 2.05) is 0 Å². The molecule has 0 fully saturated rings. The molecule has 1 heterocycles. The molecule has 0 aliphatic heterocycles. The summed E-state index contributed by atoms with van der Waals surface area (Å²) in [5.74, 6) is 0.435. The Labute approximate surface area is 114 Å².